The molecule has 1 aliphatic heterocycles. The number of carbonyl (C=O) groups excluding carboxylic acids is 2. The van der Waals surface area contributed by atoms with Crippen molar-refractivity contribution in [1.29, 1.82) is 0 Å². The van der Waals surface area contributed by atoms with Crippen molar-refractivity contribution in [2.75, 3.05) is 11.6 Å². The summed E-state index contributed by atoms with van der Waals surface area (Å²) in [6.45, 7) is 0.154. The molecule has 5 nitrogen and oxygen atoms in total. The topological polar surface area (TPSA) is 58.6 Å². The normalized spacial score (nSPS) is 15.3. The lowest BCUT2D eigenvalue weighted by Crippen LogP contribution is -2.35. The van der Waals surface area contributed by atoms with Crippen molar-refractivity contribution in [3.63, 3.8) is 0 Å². The highest BCUT2D eigenvalue weighted by molar-refractivity contribution is 6.31. The molecule has 0 spiro atoms. The Balaban J connectivity index is 1.87. The first-order valence-corrected chi connectivity index (χ1v) is 7.27. The van der Waals surface area contributed by atoms with Gasteiger partial charge in [0.1, 0.15) is 17.9 Å². The lowest BCUT2D eigenvalue weighted by molar-refractivity contribution is -0.117. The number of hydrogen-bond donors (Lipinski definition) is 1. The number of benzene rings is 2. The van der Waals surface area contributed by atoms with Crippen LogP contribution in [0.4, 0.5) is 5.69 Å². The van der Waals surface area contributed by atoms with Gasteiger partial charge in [0.2, 0.25) is 0 Å². The summed E-state index contributed by atoms with van der Waals surface area (Å²) >= 11 is 0. The molecule has 0 radical (unpaired) electrons. The molecule has 1 saturated heterocycles. The number of rotatable bonds is 4. The van der Waals surface area contributed by atoms with Gasteiger partial charge >= 0.3 is 0 Å². The minimum atomic E-state index is -0.446. The molecule has 1 N–H and O–H groups in total. The van der Waals surface area contributed by atoms with Crippen LogP contribution in [0.3, 0.4) is 0 Å². The number of para-hydroxylation sites is 1. The van der Waals surface area contributed by atoms with E-state index in [2.05, 4.69) is 11.3 Å². The Labute approximate surface area is 139 Å². The molecule has 0 unspecified atom stereocenters. The zero-order chi connectivity index (χ0) is 16.9. The van der Waals surface area contributed by atoms with Crippen molar-refractivity contribution in [3.8, 4) is 18.1 Å². The standard InChI is InChI=1S/C19H14N2O3/c1-2-11-24-16-10-6-7-14(12-16)13-17-18(22)20-21(19(17)23)15-8-4-3-5-9-15/h1,3-10,12-13H,11H2,(H,20,22)/b17-13-. The van der Waals surface area contributed by atoms with Crippen LogP contribution in [0.5, 0.6) is 5.75 Å². The van der Waals surface area contributed by atoms with Crippen LogP contribution in [0, 0.1) is 12.3 Å². The number of terminal acetylenes is 1. The largest absolute Gasteiger partial charge is 0.481 e. The first kappa shape index (κ1) is 15.4. The average molecular weight is 318 g/mol. The number of ether oxygens (including phenoxy) is 1. The summed E-state index contributed by atoms with van der Waals surface area (Å²) < 4.78 is 5.34. The lowest BCUT2D eigenvalue weighted by Gasteiger charge is -2.13. The number of amides is 2. The quantitative estimate of drug-likeness (QED) is 0.534. The zero-order valence-corrected chi connectivity index (χ0v) is 12.7. The van der Waals surface area contributed by atoms with E-state index in [1.807, 2.05) is 6.07 Å². The van der Waals surface area contributed by atoms with E-state index in [4.69, 9.17) is 11.2 Å². The zero-order valence-electron chi connectivity index (χ0n) is 12.7. The minimum Gasteiger partial charge on any atom is -0.481 e. The van der Waals surface area contributed by atoms with Gasteiger partial charge in [0.25, 0.3) is 11.8 Å². The summed E-state index contributed by atoms with van der Waals surface area (Å²) in [5.74, 6) is 2.11. The highest BCUT2D eigenvalue weighted by atomic mass is 16.5. The molecule has 24 heavy (non-hydrogen) atoms. The molecule has 118 valence electrons. The summed E-state index contributed by atoms with van der Waals surface area (Å²) in [4.78, 5) is 24.6. The highest BCUT2D eigenvalue weighted by Crippen LogP contribution is 2.22. The van der Waals surface area contributed by atoms with Gasteiger partial charge in [-0.3, -0.25) is 15.0 Å². The molecule has 0 saturated carbocycles. The van der Waals surface area contributed by atoms with E-state index >= 15 is 0 Å². The number of nitrogens with one attached hydrogen (secondary N) is 1. The SMILES string of the molecule is C#CCOc1cccc(/C=C2/C(=O)NN(c3ccccc3)C2=O)c1. The molecule has 1 heterocycles. The molecule has 0 aromatic heterocycles. The van der Waals surface area contributed by atoms with Crippen LogP contribution < -0.4 is 15.2 Å². The molecular formula is C19H14N2O3. The van der Waals surface area contributed by atoms with E-state index in [0.29, 0.717) is 17.0 Å². The molecule has 5 heteroatoms. The van der Waals surface area contributed by atoms with Crippen LogP contribution in [0.1, 0.15) is 5.56 Å². The third-order valence-electron chi connectivity index (χ3n) is 3.40. The third-order valence-corrected chi connectivity index (χ3v) is 3.40. The van der Waals surface area contributed by atoms with Gasteiger partial charge < -0.3 is 4.74 Å². The van der Waals surface area contributed by atoms with E-state index in [9.17, 15) is 9.59 Å². The summed E-state index contributed by atoms with van der Waals surface area (Å²) in [6, 6.07) is 15.9. The van der Waals surface area contributed by atoms with Crippen molar-refractivity contribution in [1.82, 2.24) is 5.43 Å². The molecule has 2 amide bonds. The fraction of sp³-hybridized carbons (Fsp3) is 0.0526. The molecule has 3 rings (SSSR count). The van der Waals surface area contributed by atoms with Crippen LogP contribution in [0.25, 0.3) is 6.08 Å². The van der Waals surface area contributed by atoms with Crippen molar-refractivity contribution >= 4 is 23.6 Å². The predicted octanol–water partition coefficient (Wildman–Crippen LogP) is 2.16. The van der Waals surface area contributed by atoms with Gasteiger partial charge in [0.05, 0.1) is 5.69 Å². The Kier molecular flexibility index (Phi) is 4.30. The second-order valence-electron chi connectivity index (χ2n) is 5.04. The summed E-state index contributed by atoms with van der Waals surface area (Å²) in [7, 11) is 0. The van der Waals surface area contributed by atoms with Crippen LogP contribution in [-0.4, -0.2) is 18.4 Å². The second-order valence-corrected chi connectivity index (χ2v) is 5.04. The second kappa shape index (κ2) is 6.71. The van der Waals surface area contributed by atoms with Gasteiger partial charge in [-0.2, -0.15) is 0 Å². The lowest BCUT2D eigenvalue weighted by atomic mass is 10.1. The van der Waals surface area contributed by atoms with Gasteiger partial charge in [-0.1, -0.05) is 36.3 Å². The van der Waals surface area contributed by atoms with Gasteiger partial charge in [0, 0.05) is 0 Å². The smallest absolute Gasteiger partial charge is 0.282 e. The number of anilines is 1. The van der Waals surface area contributed by atoms with Crippen molar-refractivity contribution in [2.45, 2.75) is 0 Å². The van der Waals surface area contributed by atoms with Crippen molar-refractivity contribution in [3.05, 3.63) is 65.7 Å². The van der Waals surface area contributed by atoms with Crippen LogP contribution >= 0.6 is 0 Å². The summed E-state index contributed by atoms with van der Waals surface area (Å²) in [5, 5.41) is 1.23. The van der Waals surface area contributed by atoms with E-state index in [1.54, 1.807) is 48.5 Å². The Morgan fingerprint density at radius 3 is 2.67 bits per heavy atom. The molecule has 2 aromatic rings. The first-order chi connectivity index (χ1) is 11.7. The van der Waals surface area contributed by atoms with E-state index in [1.165, 1.54) is 11.1 Å². The predicted molar refractivity (Wildman–Crippen MR) is 90.8 cm³/mol. The van der Waals surface area contributed by atoms with Crippen molar-refractivity contribution in [2.24, 2.45) is 0 Å². The fourth-order valence-electron chi connectivity index (χ4n) is 2.30. The number of nitrogens with zero attached hydrogens (tertiary/aromatic N) is 1. The Bertz CT molecular complexity index is 850. The average Bonchev–Trinajstić information content (AvgIpc) is 2.89. The fourth-order valence-corrected chi connectivity index (χ4v) is 2.30. The molecule has 0 aliphatic carbocycles. The monoisotopic (exact) mass is 318 g/mol. The first-order valence-electron chi connectivity index (χ1n) is 7.27. The number of hydrazine groups is 1. The Hall–Kier alpha value is -3.52. The van der Waals surface area contributed by atoms with Gasteiger partial charge in [0.15, 0.2) is 0 Å². The summed E-state index contributed by atoms with van der Waals surface area (Å²) in [6.07, 6.45) is 6.69. The molecule has 2 aromatic carbocycles. The molecule has 1 fully saturated rings. The van der Waals surface area contributed by atoms with Crippen LogP contribution in [0.15, 0.2) is 60.2 Å². The summed E-state index contributed by atoms with van der Waals surface area (Å²) in [5.41, 5.74) is 3.90. The van der Waals surface area contributed by atoms with E-state index in [-0.39, 0.29) is 12.2 Å². The maximum atomic E-state index is 12.5. The Morgan fingerprint density at radius 2 is 1.92 bits per heavy atom. The maximum absolute atomic E-state index is 12.5. The van der Waals surface area contributed by atoms with Gasteiger partial charge in [-0.15, -0.1) is 6.42 Å². The number of carbonyl (C=O) groups is 2. The Morgan fingerprint density at radius 1 is 1.12 bits per heavy atom. The molecule has 0 bridgehead atoms. The minimum absolute atomic E-state index is 0.0629. The van der Waals surface area contributed by atoms with E-state index < -0.39 is 11.8 Å². The van der Waals surface area contributed by atoms with Crippen molar-refractivity contribution < 1.29 is 14.3 Å². The van der Waals surface area contributed by atoms with E-state index in [0.717, 1.165) is 0 Å². The highest BCUT2D eigenvalue weighted by Gasteiger charge is 2.34. The van der Waals surface area contributed by atoms with Crippen LogP contribution in [-0.2, 0) is 9.59 Å². The van der Waals surface area contributed by atoms with Crippen LogP contribution in [0.2, 0.25) is 0 Å². The molecule has 1 aliphatic rings. The van der Waals surface area contributed by atoms with Gasteiger partial charge in [-0.25, -0.2) is 5.01 Å². The maximum Gasteiger partial charge on any atom is 0.282 e. The third kappa shape index (κ3) is 3.13. The molecule has 0 atom stereocenters. The van der Waals surface area contributed by atoms with Gasteiger partial charge in [-0.05, 0) is 35.9 Å². The number of hydrogen-bond acceptors (Lipinski definition) is 3. The molecular weight excluding hydrogens is 304 g/mol.